The predicted molar refractivity (Wildman–Crippen MR) is 86.1 cm³/mol. The van der Waals surface area contributed by atoms with E-state index in [1.807, 2.05) is 9.80 Å². The van der Waals surface area contributed by atoms with Crippen molar-refractivity contribution in [2.75, 3.05) is 37.6 Å². The van der Waals surface area contributed by atoms with Crippen molar-refractivity contribution in [2.24, 2.45) is 0 Å². The van der Waals surface area contributed by atoms with Gasteiger partial charge < -0.3 is 15.1 Å². The molecule has 1 amide bonds. The van der Waals surface area contributed by atoms with Gasteiger partial charge in [0.1, 0.15) is 0 Å². The third-order valence-electron chi connectivity index (χ3n) is 4.71. The third-order valence-corrected chi connectivity index (χ3v) is 4.71. The highest BCUT2D eigenvalue weighted by molar-refractivity contribution is 5.77. The molecule has 2 saturated heterocycles. The number of anilines is 1. The molecule has 0 aliphatic carbocycles. The lowest BCUT2D eigenvalue weighted by molar-refractivity contribution is -0.138. The van der Waals surface area contributed by atoms with E-state index < -0.39 is 11.7 Å². The highest BCUT2D eigenvalue weighted by atomic mass is 19.4. The Kier molecular flexibility index (Phi) is 5.41. The van der Waals surface area contributed by atoms with Gasteiger partial charge in [0.15, 0.2) is 0 Å². The molecule has 0 saturated carbocycles. The smallest absolute Gasteiger partial charge is 0.339 e. The monoisotopic (exact) mass is 357 g/mol. The van der Waals surface area contributed by atoms with Crippen molar-refractivity contribution in [1.82, 2.24) is 20.2 Å². The van der Waals surface area contributed by atoms with Gasteiger partial charge in [-0.3, -0.25) is 4.79 Å². The molecule has 3 rings (SSSR count). The fourth-order valence-electron chi connectivity index (χ4n) is 3.22. The van der Waals surface area contributed by atoms with Crippen LogP contribution in [-0.2, 0) is 11.0 Å². The minimum atomic E-state index is -4.43. The number of nitrogens with one attached hydrogen (secondary N) is 1. The van der Waals surface area contributed by atoms with E-state index in [1.165, 1.54) is 0 Å². The normalized spacial score (nSPS) is 22.1. The fraction of sp³-hybridized carbons (Fsp3) is 0.688. The maximum absolute atomic E-state index is 12.6. The highest BCUT2D eigenvalue weighted by Gasteiger charge is 2.32. The molecular formula is C16H22F3N5O. The topological polar surface area (TPSA) is 61.4 Å². The quantitative estimate of drug-likeness (QED) is 0.892. The molecule has 1 N–H and O–H groups in total. The molecule has 25 heavy (non-hydrogen) atoms. The minimum absolute atomic E-state index is 0.132. The van der Waals surface area contributed by atoms with E-state index in [2.05, 4.69) is 15.3 Å². The summed E-state index contributed by atoms with van der Waals surface area (Å²) in [4.78, 5) is 23.6. The number of nitrogens with zero attached hydrogens (tertiary/aromatic N) is 4. The molecule has 3 heterocycles. The lowest BCUT2D eigenvalue weighted by atomic mass is 10.0. The van der Waals surface area contributed by atoms with Gasteiger partial charge in [0, 0.05) is 51.0 Å². The van der Waals surface area contributed by atoms with E-state index in [-0.39, 0.29) is 17.9 Å². The van der Waals surface area contributed by atoms with Gasteiger partial charge in [-0.1, -0.05) is 6.42 Å². The Morgan fingerprint density at radius 2 is 1.84 bits per heavy atom. The van der Waals surface area contributed by atoms with Crippen LogP contribution in [0.2, 0.25) is 0 Å². The van der Waals surface area contributed by atoms with Crippen molar-refractivity contribution in [1.29, 1.82) is 0 Å². The molecule has 6 nitrogen and oxygen atoms in total. The summed E-state index contributed by atoms with van der Waals surface area (Å²) in [5, 5.41) is 3.37. The lowest BCUT2D eigenvalue weighted by Gasteiger charge is -2.35. The summed E-state index contributed by atoms with van der Waals surface area (Å²) in [6.07, 6.45) is 1.03. The third kappa shape index (κ3) is 4.59. The second-order valence-electron chi connectivity index (χ2n) is 6.49. The number of piperazine rings is 1. The first kappa shape index (κ1) is 17.9. The molecular weight excluding hydrogens is 335 g/mol. The molecule has 0 radical (unpaired) electrons. The van der Waals surface area contributed by atoms with Gasteiger partial charge in [-0.15, -0.1) is 0 Å². The second kappa shape index (κ2) is 7.55. The summed E-state index contributed by atoms with van der Waals surface area (Å²) in [7, 11) is 0. The lowest BCUT2D eigenvalue weighted by Crippen LogP contribution is -2.50. The molecule has 0 bridgehead atoms. The number of hydrogen-bond donors (Lipinski definition) is 1. The molecule has 2 fully saturated rings. The van der Waals surface area contributed by atoms with Crippen LogP contribution in [0.4, 0.5) is 19.1 Å². The van der Waals surface area contributed by atoms with Gasteiger partial charge in [-0.25, -0.2) is 9.97 Å². The molecule has 1 unspecified atom stereocenters. The van der Waals surface area contributed by atoms with Gasteiger partial charge in [-0.05, 0) is 19.4 Å². The first-order valence-corrected chi connectivity index (χ1v) is 8.59. The van der Waals surface area contributed by atoms with E-state index in [4.69, 9.17) is 0 Å². The average Bonchev–Trinajstić information content (AvgIpc) is 2.62. The summed E-state index contributed by atoms with van der Waals surface area (Å²) >= 11 is 0. The number of amides is 1. The van der Waals surface area contributed by atoms with Crippen LogP contribution < -0.4 is 10.2 Å². The van der Waals surface area contributed by atoms with Crippen LogP contribution in [0.1, 0.15) is 31.2 Å². The zero-order chi connectivity index (χ0) is 17.9. The van der Waals surface area contributed by atoms with Gasteiger partial charge in [0.05, 0.1) is 5.56 Å². The molecule has 1 atom stereocenters. The van der Waals surface area contributed by atoms with Gasteiger partial charge in [0.25, 0.3) is 0 Å². The van der Waals surface area contributed by atoms with Crippen LogP contribution in [-0.4, -0.2) is 59.5 Å². The van der Waals surface area contributed by atoms with Crippen molar-refractivity contribution < 1.29 is 18.0 Å². The number of hydrogen-bond acceptors (Lipinski definition) is 5. The van der Waals surface area contributed by atoms with Gasteiger partial charge in [-0.2, -0.15) is 13.2 Å². The van der Waals surface area contributed by atoms with Crippen LogP contribution in [0.3, 0.4) is 0 Å². The van der Waals surface area contributed by atoms with Crippen molar-refractivity contribution in [3.8, 4) is 0 Å². The summed E-state index contributed by atoms with van der Waals surface area (Å²) in [5.74, 6) is 0.404. The number of carbonyl (C=O) groups excluding carboxylic acids is 1. The molecule has 2 aliphatic heterocycles. The number of rotatable bonds is 3. The predicted octanol–water partition coefficient (Wildman–Crippen LogP) is 1.68. The van der Waals surface area contributed by atoms with Crippen molar-refractivity contribution in [3.63, 3.8) is 0 Å². The number of alkyl halides is 3. The number of aromatic nitrogens is 2. The van der Waals surface area contributed by atoms with E-state index in [9.17, 15) is 18.0 Å². The summed E-state index contributed by atoms with van der Waals surface area (Å²) < 4.78 is 37.7. The van der Waals surface area contributed by atoms with Crippen molar-refractivity contribution in [3.05, 3.63) is 18.0 Å². The first-order valence-electron chi connectivity index (χ1n) is 8.59. The van der Waals surface area contributed by atoms with Crippen LogP contribution in [0.25, 0.3) is 0 Å². The Balaban J connectivity index is 1.50. The van der Waals surface area contributed by atoms with E-state index in [0.717, 1.165) is 38.2 Å². The number of carbonyl (C=O) groups is 1. The Hall–Kier alpha value is -1.90. The van der Waals surface area contributed by atoms with Crippen molar-refractivity contribution >= 4 is 11.9 Å². The van der Waals surface area contributed by atoms with E-state index in [1.54, 1.807) is 0 Å². The summed E-state index contributed by atoms with van der Waals surface area (Å²) in [6.45, 7) is 3.09. The second-order valence-corrected chi connectivity index (χ2v) is 6.49. The Morgan fingerprint density at radius 3 is 2.40 bits per heavy atom. The van der Waals surface area contributed by atoms with Crippen molar-refractivity contribution in [2.45, 2.75) is 37.9 Å². The zero-order valence-corrected chi connectivity index (χ0v) is 13.9. The number of halogens is 3. The summed E-state index contributed by atoms with van der Waals surface area (Å²) in [6, 6.07) is 0.262. The van der Waals surface area contributed by atoms with Gasteiger partial charge >= 0.3 is 6.18 Å². The molecule has 0 spiro atoms. The van der Waals surface area contributed by atoms with E-state index >= 15 is 0 Å². The highest BCUT2D eigenvalue weighted by Crippen LogP contribution is 2.28. The molecule has 138 valence electrons. The zero-order valence-electron chi connectivity index (χ0n) is 13.9. The maximum atomic E-state index is 12.6. The molecule has 1 aromatic rings. The Morgan fingerprint density at radius 1 is 1.16 bits per heavy atom. The van der Waals surface area contributed by atoms with Crippen LogP contribution >= 0.6 is 0 Å². The molecule has 1 aromatic heterocycles. The molecule has 2 aliphatic rings. The first-order chi connectivity index (χ1) is 11.9. The standard InChI is InChI=1S/C16H22F3N5O/c17-16(18,19)12-10-21-15(22-11-12)24-7-5-23(6-8-24)14(25)9-13-3-1-2-4-20-13/h10-11,13,20H,1-9H2. The average molecular weight is 357 g/mol. The van der Waals surface area contributed by atoms with E-state index in [0.29, 0.717) is 32.6 Å². The molecule has 0 aromatic carbocycles. The largest absolute Gasteiger partial charge is 0.419 e. The van der Waals surface area contributed by atoms with Gasteiger partial charge in [0.2, 0.25) is 11.9 Å². The maximum Gasteiger partial charge on any atom is 0.419 e. The van der Waals surface area contributed by atoms with Crippen LogP contribution in [0.15, 0.2) is 12.4 Å². The van der Waals surface area contributed by atoms with Crippen LogP contribution in [0, 0.1) is 0 Å². The SMILES string of the molecule is O=C(CC1CCCCN1)N1CCN(c2ncc(C(F)(F)F)cn2)CC1. The Bertz CT molecular complexity index is 578. The molecule has 9 heteroatoms. The minimum Gasteiger partial charge on any atom is -0.339 e. The Labute approximate surface area is 144 Å². The summed E-state index contributed by atoms with van der Waals surface area (Å²) in [5.41, 5.74) is -0.856. The number of piperidine rings is 1. The van der Waals surface area contributed by atoms with Crippen LogP contribution in [0.5, 0.6) is 0 Å². The fourth-order valence-corrected chi connectivity index (χ4v) is 3.22.